The van der Waals surface area contributed by atoms with Crippen LogP contribution in [0.15, 0.2) is 44.7 Å². The second kappa shape index (κ2) is 10.4. The second-order valence-electron chi connectivity index (χ2n) is 4.91. The predicted molar refractivity (Wildman–Crippen MR) is 145 cm³/mol. The molecule has 0 aliphatic heterocycles. The zero-order valence-electron chi connectivity index (χ0n) is 13.1. The van der Waals surface area contributed by atoms with Gasteiger partial charge in [-0.3, -0.25) is 0 Å². The van der Waals surface area contributed by atoms with Crippen LogP contribution in [0.5, 0.6) is 0 Å². The molecule has 0 atom stereocenters. The summed E-state index contributed by atoms with van der Waals surface area (Å²) in [5, 5.41) is 0. The van der Waals surface area contributed by atoms with Gasteiger partial charge in [0.15, 0.2) is 0 Å². The second-order valence-corrected chi connectivity index (χ2v) is 12.8. The Kier molecular flexibility index (Phi) is 10.2. The maximum atomic E-state index is 6.03. The smallest absolute Gasteiger partial charge is 0.226 e. The summed E-state index contributed by atoms with van der Waals surface area (Å²) < 4.78 is 20.1. The van der Waals surface area contributed by atoms with Crippen LogP contribution < -0.4 is 0 Å². The molecule has 0 bridgehead atoms. The lowest BCUT2D eigenvalue weighted by Crippen LogP contribution is -2.34. The SMILES string of the molecule is COC(OC)(c1c(Br)c(Br)c(Br)c(Br)c1Br)c1c(Br)c(Br)c(Br)c(Br)c1Br. The predicted octanol–water partition coefficient (Wildman–Crippen LogP) is 10.8. The summed E-state index contributed by atoms with van der Waals surface area (Å²) in [6, 6.07) is 0. The molecule has 0 aliphatic carbocycles. The highest BCUT2D eigenvalue weighted by Crippen LogP contribution is 2.56. The minimum atomic E-state index is -1.27. The van der Waals surface area contributed by atoms with Crippen molar-refractivity contribution < 1.29 is 9.47 Å². The molecule has 0 amide bonds. The Bertz CT molecular complexity index is 794. The Balaban J connectivity index is 3.09. The van der Waals surface area contributed by atoms with Gasteiger partial charge in [-0.2, -0.15) is 0 Å². The highest BCUT2D eigenvalue weighted by molar-refractivity contribution is 9.16. The van der Waals surface area contributed by atoms with Crippen molar-refractivity contribution in [3.63, 3.8) is 0 Å². The van der Waals surface area contributed by atoms with Gasteiger partial charge in [0, 0.05) is 70.1 Å². The average molecular weight is 1020 g/mol. The van der Waals surface area contributed by atoms with E-state index in [0.29, 0.717) is 0 Å². The molecule has 2 aromatic carbocycles. The number of halogens is 10. The van der Waals surface area contributed by atoms with Crippen LogP contribution in [0.3, 0.4) is 0 Å². The van der Waals surface area contributed by atoms with E-state index < -0.39 is 5.79 Å². The normalized spacial score (nSPS) is 12.0. The molecular formula is C15H6Br10O2. The van der Waals surface area contributed by atoms with Crippen LogP contribution in [-0.2, 0) is 15.3 Å². The molecule has 0 fully saturated rings. The fourth-order valence-electron chi connectivity index (χ4n) is 2.40. The van der Waals surface area contributed by atoms with Gasteiger partial charge in [0.2, 0.25) is 5.79 Å². The minimum absolute atomic E-state index is 0.733. The zero-order valence-corrected chi connectivity index (χ0v) is 29.0. The standard InChI is InChI=1S/C15H6Br10O2/c1-26-15(27-2,3-5(16)9(20)13(24)10(21)6(3)17)4-7(18)11(22)14(25)12(23)8(4)19/h1-2H3. The largest absolute Gasteiger partial charge is 0.345 e. The van der Waals surface area contributed by atoms with E-state index in [0.717, 1.165) is 55.9 Å². The van der Waals surface area contributed by atoms with Crippen LogP contribution >= 0.6 is 159 Å². The van der Waals surface area contributed by atoms with E-state index in [1.165, 1.54) is 0 Å². The Hall–Kier alpha value is 3.16. The number of hydrogen-bond acceptors (Lipinski definition) is 2. The summed E-state index contributed by atoms with van der Waals surface area (Å²) in [7, 11) is 3.18. The Morgan fingerprint density at radius 1 is 0.407 bits per heavy atom. The van der Waals surface area contributed by atoms with Crippen LogP contribution in [0.25, 0.3) is 0 Å². The van der Waals surface area contributed by atoms with Gasteiger partial charge >= 0.3 is 0 Å². The first-order valence-electron chi connectivity index (χ1n) is 6.61. The van der Waals surface area contributed by atoms with Crippen molar-refractivity contribution in [2.24, 2.45) is 0 Å². The number of methoxy groups -OCH3 is 2. The van der Waals surface area contributed by atoms with E-state index in [1.807, 2.05) is 0 Å². The summed E-state index contributed by atoms with van der Waals surface area (Å²) in [6.07, 6.45) is 0. The molecule has 148 valence electrons. The lowest BCUT2D eigenvalue weighted by molar-refractivity contribution is -0.185. The van der Waals surface area contributed by atoms with Gasteiger partial charge in [0.1, 0.15) is 0 Å². The van der Waals surface area contributed by atoms with Gasteiger partial charge in [-0.05, 0) is 159 Å². The van der Waals surface area contributed by atoms with E-state index in [9.17, 15) is 0 Å². The summed E-state index contributed by atoms with van der Waals surface area (Å²) in [5.41, 5.74) is 1.47. The quantitative estimate of drug-likeness (QED) is 0.173. The molecule has 0 radical (unpaired) electrons. The van der Waals surface area contributed by atoms with Gasteiger partial charge < -0.3 is 9.47 Å². The molecule has 0 aliphatic rings. The molecule has 27 heavy (non-hydrogen) atoms. The molecule has 0 unspecified atom stereocenters. The Morgan fingerprint density at radius 2 is 0.593 bits per heavy atom. The molecule has 2 rings (SSSR count). The third kappa shape index (κ3) is 4.50. The van der Waals surface area contributed by atoms with E-state index in [2.05, 4.69) is 159 Å². The first-order chi connectivity index (χ1) is 12.5. The summed E-state index contributed by atoms with van der Waals surface area (Å²) in [6.45, 7) is 0. The van der Waals surface area contributed by atoms with Gasteiger partial charge in [-0.15, -0.1) is 0 Å². The monoisotopic (exact) mass is 1010 g/mol. The van der Waals surface area contributed by atoms with Crippen LogP contribution in [0.2, 0.25) is 0 Å². The van der Waals surface area contributed by atoms with Gasteiger partial charge in [-0.25, -0.2) is 0 Å². The lowest BCUT2D eigenvalue weighted by atomic mass is 9.97. The maximum absolute atomic E-state index is 6.03. The summed E-state index contributed by atoms with van der Waals surface area (Å²) in [5.74, 6) is -1.27. The highest BCUT2D eigenvalue weighted by Gasteiger charge is 2.44. The number of hydrogen-bond donors (Lipinski definition) is 0. The van der Waals surface area contributed by atoms with Crippen molar-refractivity contribution in [3.8, 4) is 0 Å². The number of rotatable bonds is 4. The molecule has 0 saturated carbocycles. The zero-order chi connectivity index (χ0) is 20.8. The van der Waals surface area contributed by atoms with Crippen LogP contribution in [-0.4, -0.2) is 14.2 Å². The molecule has 2 aromatic rings. The topological polar surface area (TPSA) is 18.5 Å². The van der Waals surface area contributed by atoms with Crippen molar-refractivity contribution in [1.29, 1.82) is 0 Å². The number of benzene rings is 2. The first kappa shape index (κ1) is 26.4. The number of ether oxygens (including phenoxy) is 2. The van der Waals surface area contributed by atoms with E-state index >= 15 is 0 Å². The summed E-state index contributed by atoms with van der Waals surface area (Å²) >= 11 is 36.3. The van der Waals surface area contributed by atoms with Gasteiger partial charge in [-0.1, -0.05) is 0 Å². The third-order valence-corrected chi connectivity index (χ3v) is 15.8. The van der Waals surface area contributed by atoms with Crippen molar-refractivity contribution in [3.05, 3.63) is 55.9 Å². The van der Waals surface area contributed by atoms with Crippen molar-refractivity contribution in [2.45, 2.75) is 5.79 Å². The molecule has 0 N–H and O–H groups in total. The molecular weight excluding hydrogens is 1010 g/mol. The van der Waals surface area contributed by atoms with E-state index in [4.69, 9.17) is 9.47 Å². The molecule has 0 spiro atoms. The van der Waals surface area contributed by atoms with Gasteiger partial charge in [0.05, 0.1) is 0 Å². The minimum Gasteiger partial charge on any atom is -0.345 e. The fraction of sp³-hybridized carbons (Fsp3) is 0.200. The van der Waals surface area contributed by atoms with Crippen molar-refractivity contribution >= 4 is 159 Å². The van der Waals surface area contributed by atoms with Crippen LogP contribution in [0, 0.1) is 0 Å². The van der Waals surface area contributed by atoms with E-state index in [1.54, 1.807) is 14.2 Å². The molecule has 2 nitrogen and oxygen atoms in total. The van der Waals surface area contributed by atoms with E-state index in [-0.39, 0.29) is 0 Å². The Labute approximate surface area is 240 Å². The average Bonchev–Trinajstić information content (AvgIpc) is 2.66. The molecule has 12 heteroatoms. The Morgan fingerprint density at radius 3 is 0.778 bits per heavy atom. The lowest BCUT2D eigenvalue weighted by Gasteiger charge is -2.36. The first-order valence-corrected chi connectivity index (χ1v) is 14.5. The fourth-order valence-corrected chi connectivity index (χ4v) is 9.54. The van der Waals surface area contributed by atoms with Crippen LogP contribution in [0.4, 0.5) is 0 Å². The van der Waals surface area contributed by atoms with Crippen molar-refractivity contribution in [2.75, 3.05) is 14.2 Å². The maximum Gasteiger partial charge on any atom is 0.226 e. The van der Waals surface area contributed by atoms with Crippen molar-refractivity contribution in [1.82, 2.24) is 0 Å². The van der Waals surface area contributed by atoms with Crippen LogP contribution in [0.1, 0.15) is 11.1 Å². The third-order valence-electron chi connectivity index (χ3n) is 3.65. The van der Waals surface area contributed by atoms with Gasteiger partial charge in [0.25, 0.3) is 0 Å². The summed E-state index contributed by atoms with van der Waals surface area (Å²) in [4.78, 5) is 0. The molecule has 0 heterocycles. The highest BCUT2D eigenvalue weighted by atomic mass is 79.9. The molecule has 0 saturated heterocycles. The molecule has 0 aromatic heterocycles.